The molecule has 0 bridgehead atoms. The van der Waals surface area contributed by atoms with E-state index in [0.29, 0.717) is 22.4 Å². The predicted molar refractivity (Wildman–Crippen MR) is 45.3 cm³/mol. The van der Waals surface area contributed by atoms with Crippen LogP contribution in [0.1, 0.15) is 5.69 Å². The van der Waals surface area contributed by atoms with E-state index in [9.17, 15) is 0 Å². The van der Waals surface area contributed by atoms with E-state index < -0.39 is 0 Å². The second-order valence-corrected chi connectivity index (χ2v) is 2.51. The van der Waals surface area contributed by atoms with Crippen molar-refractivity contribution < 1.29 is 9.26 Å². The van der Waals surface area contributed by atoms with Crippen LogP contribution >= 0.6 is 0 Å². The van der Waals surface area contributed by atoms with Gasteiger partial charge in [0.05, 0.1) is 12.5 Å². The topological polar surface area (TPSA) is 59.0 Å². The number of rotatable bonds is 1. The minimum atomic E-state index is 0.303. The fraction of sp³-hybridized carbons (Fsp3) is 0.111. The highest BCUT2D eigenvalue weighted by atomic mass is 16.5. The molecule has 0 aliphatic carbocycles. The number of hydrogen-bond donors (Lipinski definition) is 0. The van der Waals surface area contributed by atoms with Gasteiger partial charge in [-0.1, -0.05) is 5.16 Å². The average molecular weight is 174 g/mol. The molecular weight excluding hydrogens is 168 g/mol. The molecule has 0 aliphatic rings. The zero-order valence-corrected chi connectivity index (χ0v) is 6.94. The summed E-state index contributed by atoms with van der Waals surface area (Å²) in [5, 5.41) is 13.0. The molecule has 1 aromatic heterocycles. The van der Waals surface area contributed by atoms with Gasteiger partial charge in [0.2, 0.25) is 0 Å². The van der Waals surface area contributed by atoms with Crippen molar-refractivity contribution in [1.29, 1.82) is 5.26 Å². The number of fused-ring (bicyclic) bond motifs is 1. The second-order valence-electron chi connectivity index (χ2n) is 2.51. The molecule has 0 saturated heterocycles. The van der Waals surface area contributed by atoms with Gasteiger partial charge in [0.15, 0.2) is 11.3 Å². The molecule has 0 N–H and O–H groups in total. The number of nitrogens with zero attached hydrogens (tertiary/aromatic N) is 2. The molecule has 1 heterocycles. The van der Waals surface area contributed by atoms with Crippen molar-refractivity contribution >= 4 is 11.0 Å². The third-order valence-electron chi connectivity index (χ3n) is 1.79. The molecular formula is C9H6N2O2. The van der Waals surface area contributed by atoms with Gasteiger partial charge >= 0.3 is 0 Å². The van der Waals surface area contributed by atoms with Crippen LogP contribution in [0.25, 0.3) is 11.0 Å². The highest BCUT2D eigenvalue weighted by molar-refractivity contribution is 5.82. The smallest absolute Gasteiger partial charge is 0.191 e. The van der Waals surface area contributed by atoms with Gasteiger partial charge in [0.25, 0.3) is 0 Å². The first-order valence-corrected chi connectivity index (χ1v) is 3.68. The Balaban J connectivity index is 2.70. The zero-order valence-electron chi connectivity index (χ0n) is 6.94. The van der Waals surface area contributed by atoms with Crippen molar-refractivity contribution in [1.82, 2.24) is 5.16 Å². The second kappa shape index (κ2) is 2.79. The average Bonchev–Trinajstić information content (AvgIpc) is 2.59. The Labute approximate surface area is 74.3 Å². The number of aromatic nitrogens is 1. The van der Waals surface area contributed by atoms with Crippen LogP contribution in [-0.2, 0) is 0 Å². The van der Waals surface area contributed by atoms with Gasteiger partial charge in [-0.2, -0.15) is 5.26 Å². The number of benzene rings is 1. The Morgan fingerprint density at radius 3 is 3.08 bits per heavy atom. The highest BCUT2D eigenvalue weighted by Gasteiger charge is 2.07. The lowest BCUT2D eigenvalue weighted by atomic mass is 10.2. The van der Waals surface area contributed by atoms with E-state index in [4.69, 9.17) is 14.5 Å². The summed E-state index contributed by atoms with van der Waals surface area (Å²) in [4.78, 5) is 0. The maximum atomic E-state index is 8.65. The van der Waals surface area contributed by atoms with Crippen molar-refractivity contribution in [3.8, 4) is 11.8 Å². The van der Waals surface area contributed by atoms with E-state index in [0.717, 1.165) is 0 Å². The summed E-state index contributed by atoms with van der Waals surface area (Å²) in [6.45, 7) is 0. The Hall–Kier alpha value is -2.02. The molecule has 0 aliphatic heterocycles. The molecule has 2 aromatic rings. The molecule has 0 fully saturated rings. The summed E-state index contributed by atoms with van der Waals surface area (Å²) >= 11 is 0. The fourth-order valence-electron chi connectivity index (χ4n) is 1.13. The molecule has 4 nitrogen and oxygen atoms in total. The lowest BCUT2D eigenvalue weighted by Crippen LogP contribution is -1.80. The third kappa shape index (κ3) is 1.11. The van der Waals surface area contributed by atoms with Gasteiger partial charge in [0.1, 0.15) is 11.8 Å². The fourth-order valence-corrected chi connectivity index (χ4v) is 1.13. The van der Waals surface area contributed by atoms with Gasteiger partial charge < -0.3 is 9.26 Å². The van der Waals surface area contributed by atoms with E-state index in [1.807, 2.05) is 6.07 Å². The van der Waals surface area contributed by atoms with Crippen LogP contribution in [0.3, 0.4) is 0 Å². The van der Waals surface area contributed by atoms with E-state index >= 15 is 0 Å². The number of hydrogen-bond acceptors (Lipinski definition) is 4. The maximum Gasteiger partial charge on any atom is 0.191 e. The molecule has 0 atom stereocenters. The van der Waals surface area contributed by atoms with Crippen LogP contribution < -0.4 is 4.74 Å². The SMILES string of the molecule is COc1ccc2c(C#N)noc2c1. The standard InChI is InChI=1S/C9H6N2O2/c1-12-6-2-3-7-8(5-10)11-13-9(7)4-6/h2-4H,1H3. The molecule has 13 heavy (non-hydrogen) atoms. The summed E-state index contributed by atoms with van der Waals surface area (Å²) < 4.78 is 9.92. The first-order valence-electron chi connectivity index (χ1n) is 3.68. The Morgan fingerprint density at radius 1 is 1.54 bits per heavy atom. The van der Waals surface area contributed by atoms with Crippen molar-refractivity contribution in [3.05, 3.63) is 23.9 Å². The molecule has 64 valence electrons. The monoisotopic (exact) mass is 174 g/mol. The Bertz CT molecular complexity index is 482. The van der Waals surface area contributed by atoms with E-state index in [2.05, 4.69) is 5.16 Å². The van der Waals surface area contributed by atoms with Gasteiger partial charge in [0, 0.05) is 6.07 Å². The third-order valence-corrected chi connectivity index (χ3v) is 1.79. The molecule has 0 spiro atoms. The van der Waals surface area contributed by atoms with E-state index in [1.165, 1.54) is 0 Å². The number of methoxy groups -OCH3 is 1. The molecule has 0 unspecified atom stereocenters. The largest absolute Gasteiger partial charge is 0.497 e. The lowest BCUT2D eigenvalue weighted by molar-refractivity contribution is 0.411. The molecule has 0 radical (unpaired) electrons. The molecule has 0 amide bonds. The summed E-state index contributed by atoms with van der Waals surface area (Å²) in [6.07, 6.45) is 0. The number of nitriles is 1. The first kappa shape index (κ1) is 7.62. The highest BCUT2D eigenvalue weighted by Crippen LogP contribution is 2.22. The van der Waals surface area contributed by atoms with Crippen molar-refractivity contribution in [2.45, 2.75) is 0 Å². The summed E-state index contributed by atoms with van der Waals surface area (Å²) in [5.74, 6) is 0.688. The predicted octanol–water partition coefficient (Wildman–Crippen LogP) is 1.71. The summed E-state index contributed by atoms with van der Waals surface area (Å²) in [6, 6.07) is 7.16. The summed E-state index contributed by atoms with van der Waals surface area (Å²) in [7, 11) is 1.57. The minimum absolute atomic E-state index is 0.303. The van der Waals surface area contributed by atoms with Crippen molar-refractivity contribution in [3.63, 3.8) is 0 Å². The van der Waals surface area contributed by atoms with Gasteiger partial charge in [-0.15, -0.1) is 0 Å². The lowest BCUT2D eigenvalue weighted by Gasteiger charge is -1.95. The van der Waals surface area contributed by atoms with Gasteiger partial charge in [-0.05, 0) is 12.1 Å². The van der Waals surface area contributed by atoms with Crippen LogP contribution in [0.4, 0.5) is 0 Å². The molecule has 1 aromatic carbocycles. The molecule has 4 heteroatoms. The summed E-state index contributed by atoms with van der Waals surface area (Å²) in [5.41, 5.74) is 0.869. The maximum absolute atomic E-state index is 8.65. The van der Waals surface area contributed by atoms with Crippen LogP contribution in [0.2, 0.25) is 0 Å². The quantitative estimate of drug-likeness (QED) is 0.660. The minimum Gasteiger partial charge on any atom is -0.497 e. The first-order chi connectivity index (χ1) is 6.35. The Kier molecular flexibility index (Phi) is 1.64. The number of ether oxygens (including phenoxy) is 1. The van der Waals surface area contributed by atoms with Gasteiger partial charge in [-0.25, -0.2) is 0 Å². The van der Waals surface area contributed by atoms with Crippen LogP contribution in [0.5, 0.6) is 5.75 Å². The van der Waals surface area contributed by atoms with Crippen molar-refractivity contribution in [2.75, 3.05) is 7.11 Å². The van der Waals surface area contributed by atoms with E-state index in [1.54, 1.807) is 25.3 Å². The molecule has 2 rings (SSSR count). The van der Waals surface area contributed by atoms with Crippen LogP contribution in [0.15, 0.2) is 22.7 Å². The zero-order chi connectivity index (χ0) is 9.26. The van der Waals surface area contributed by atoms with Crippen molar-refractivity contribution in [2.24, 2.45) is 0 Å². The van der Waals surface area contributed by atoms with E-state index in [-0.39, 0.29) is 0 Å². The normalized spacial score (nSPS) is 9.85. The van der Waals surface area contributed by atoms with Crippen LogP contribution in [0, 0.1) is 11.3 Å². The molecule has 0 saturated carbocycles. The van der Waals surface area contributed by atoms with Gasteiger partial charge in [-0.3, -0.25) is 0 Å². The van der Waals surface area contributed by atoms with Crippen LogP contribution in [-0.4, -0.2) is 12.3 Å². The Morgan fingerprint density at radius 2 is 2.38 bits per heavy atom.